The third kappa shape index (κ3) is 2.74. The van der Waals surface area contributed by atoms with Gasteiger partial charge in [-0.3, -0.25) is 0 Å². The van der Waals surface area contributed by atoms with Gasteiger partial charge in [-0.2, -0.15) is 5.11 Å². The largest absolute Gasteiger partial charge is 0.486 e. The molecule has 1 aliphatic rings. The molecule has 1 heterocycles. The second-order valence-electron chi connectivity index (χ2n) is 4.80. The van der Waals surface area contributed by atoms with Crippen LogP contribution in [0.1, 0.15) is 5.56 Å². The standard InChI is InChI=1S/C15H16N4O2/c1-9-6-13(12(17)8-11(9)16)19-18-10-2-3-14-15(7-10)21-5-4-20-14/h2-3,6-8H,4-5,16-17H2,1H3. The molecule has 0 unspecified atom stereocenters. The van der Waals surface area contributed by atoms with Gasteiger partial charge in [0, 0.05) is 11.8 Å². The second kappa shape index (κ2) is 5.32. The van der Waals surface area contributed by atoms with Crippen LogP contribution in [-0.4, -0.2) is 13.2 Å². The van der Waals surface area contributed by atoms with Crippen molar-refractivity contribution >= 4 is 22.7 Å². The van der Waals surface area contributed by atoms with Crippen LogP contribution in [0.4, 0.5) is 22.7 Å². The molecule has 0 amide bonds. The molecule has 0 atom stereocenters. The molecule has 2 aromatic carbocycles. The van der Waals surface area contributed by atoms with Gasteiger partial charge in [-0.25, -0.2) is 0 Å². The number of anilines is 2. The first kappa shape index (κ1) is 13.2. The molecule has 1 aliphatic heterocycles. The molecule has 21 heavy (non-hydrogen) atoms. The number of azo groups is 1. The van der Waals surface area contributed by atoms with Crippen LogP contribution in [0.15, 0.2) is 40.6 Å². The molecule has 0 saturated carbocycles. The summed E-state index contributed by atoms with van der Waals surface area (Å²) in [6.45, 7) is 3.00. The first-order valence-corrected chi connectivity index (χ1v) is 6.60. The number of fused-ring (bicyclic) bond motifs is 1. The van der Waals surface area contributed by atoms with Crippen molar-refractivity contribution in [2.24, 2.45) is 10.2 Å². The maximum atomic E-state index is 5.89. The Morgan fingerprint density at radius 2 is 1.67 bits per heavy atom. The zero-order valence-electron chi connectivity index (χ0n) is 11.7. The highest BCUT2D eigenvalue weighted by Gasteiger charge is 2.11. The zero-order chi connectivity index (χ0) is 14.8. The van der Waals surface area contributed by atoms with Gasteiger partial charge < -0.3 is 20.9 Å². The minimum atomic E-state index is 0.499. The predicted octanol–water partition coefficient (Wildman–Crippen LogP) is 3.35. The quantitative estimate of drug-likeness (QED) is 0.653. The summed E-state index contributed by atoms with van der Waals surface area (Å²) in [6, 6.07) is 8.93. The lowest BCUT2D eigenvalue weighted by Gasteiger charge is -2.17. The number of aryl methyl sites for hydroxylation is 1. The Morgan fingerprint density at radius 3 is 2.48 bits per heavy atom. The number of nitrogens with two attached hydrogens (primary N) is 2. The van der Waals surface area contributed by atoms with E-state index >= 15 is 0 Å². The first-order chi connectivity index (χ1) is 10.1. The van der Waals surface area contributed by atoms with Gasteiger partial charge in [-0.15, -0.1) is 5.11 Å². The van der Waals surface area contributed by atoms with E-state index in [1.165, 1.54) is 0 Å². The number of rotatable bonds is 2. The summed E-state index contributed by atoms with van der Waals surface area (Å²) in [5.41, 5.74) is 15.0. The number of hydrogen-bond acceptors (Lipinski definition) is 6. The van der Waals surface area contributed by atoms with Gasteiger partial charge in [0.15, 0.2) is 11.5 Å². The van der Waals surface area contributed by atoms with E-state index in [9.17, 15) is 0 Å². The Labute approximate surface area is 122 Å². The van der Waals surface area contributed by atoms with Gasteiger partial charge in [0.05, 0.1) is 11.4 Å². The van der Waals surface area contributed by atoms with Crippen LogP contribution in [0.2, 0.25) is 0 Å². The molecule has 0 aromatic heterocycles. The molecule has 6 heteroatoms. The average Bonchev–Trinajstić information content (AvgIpc) is 2.49. The third-order valence-corrected chi connectivity index (χ3v) is 3.21. The number of nitrogens with zero attached hydrogens (tertiary/aromatic N) is 2. The molecule has 108 valence electrons. The third-order valence-electron chi connectivity index (χ3n) is 3.21. The number of benzene rings is 2. The van der Waals surface area contributed by atoms with Crippen molar-refractivity contribution < 1.29 is 9.47 Å². The minimum Gasteiger partial charge on any atom is -0.486 e. The Hall–Kier alpha value is -2.76. The fourth-order valence-electron chi connectivity index (χ4n) is 2.02. The predicted molar refractivity (Wildman–Crippen MR) is 81.6 cm³/mol. The van der Waals surface area contributed by atoms with Gasteiger partial charge in [0.25, 0.3) is 0 Å². The molecule has 6 nitrogen and oxygen atoms in total. The van der Waals surface area contributed by atoms with Gasteiger partial charge in [-0.05, 0) is 36.8 Å². The van der Waals surface area contributed by atoms with Crippen molar-refractivity contribution in [1.29, 1.82) is 0 Å². The Morgan fingerprint density at radius 1 is 0.905 bits per heavy atom. The van der Waals surface area contributed by atoms with Crippen LogP contribution in [0, 0.1) is 6.92 Å². The Bertz CT molecular complexity index is 713. The lowest BCUT2D eigenvalue weighted by molar-refractivity contribution is 0.171. The highest BCUT2D eigenvalue weighted by atomic mass is 16.6. The van der Waals surface area contributed by atoms with E-state index in [-0.39, 0.29) is 0 Å². The molecule has 4 N–H and O–H groups in total. The molecule has 3 rings (SSSR count). The highest BCUT2D eigenvalue weighted by molar-refractivity contribution is 5.70. The highest BCUT2D eigenvalue weighted by Crippen LogP contribution is 2.35. The van der Waals surface area contributed by atoms with Crippen molar-refractivity contribution in [3.8, 4) is 11.5 Å². The molecule has 0 bridgehead atoms. The Kier molecular flexibility index (Phi) is 3.35. The van der Waals surface area contributed by atoms with E-state index in [4.69, 9.17) is 20.9 Å². The summed E-state index contributed by atoms with van der Waals surface area (Å²) in [6.07, 6.45) is 0. The molecule has 0 spiro atoms. The smallest absolute Gasteiger partial charge is 0.163 e. The van der Waals surface area contributed by atoms with Crippen molar-refractivity contribution in [2.45, 2.75) is 6.92 Å². The number of nitrogen functional groups attached to an aromatic ring is 2. The second-order valence-corrected chi connectivity index (χ2v) is 4.80. The molecule has 2 aromatic rings. The fraction of sp³-hybridized carbons (Fsp3) is 0.200. The summed E-state index contributed by atoms with van der Waals surface area (Å²) in [5, 5.41) is 8.36. The topological polar surface area (TPSA) is 95.2 Å². The lowest BCUT2D eigenvalue weighted by atomic mass is 10.1. The maximum absolute atomic E-state index is 5.89. The van der Waals surface area contributed by atoms with Crippen LogP contribution in [0.5, 0.6) is 11.5 Å². The van der Waals surface area contributed by atoms with Gasteiger partial charge in [0.2, 0.25) is 0 Å². The van der Waals surface area contributed by atoms with E-state index in [0.29, 0.717) is 41.7 Å². The van der Waals surface area contributed by atoms with Crippen LogP contribution < -0.4 is 20.9 Å². The van der Waals surface area contributed by atoms with Crippen LogP contribution >= 0.6 is 0 Å². The van der Waals surface area contributed by atoms with E-state index in [1.54, 1.807) is 12.1 Å². The lowest BCUT2D eigenvalue weighted by Crippen LogP contribution is -2.14. The minimum absolute atomic E-state index is 0.499. The summed E-state index contributed by atoms with van der Waals surface area (Å²) in [4.78, 5) is 0. The van der Waals surface area contributed by atoms with Crippen molar-refractivity contribution in [2.75, 3.05) is 24.7 Å². The first-order valence-electron chi connectivity index (χ1n) is 6.60. The normalized spacial score (nSPS) is 13.6. The van der Waals surface area contributed by atoms with Gasteiger partial charge in [0.1, 0.15) is 18.9 Å². The molecule has 0 aliphatic carbocycles. The van der Waals surface area contributed by atoms with Crippen molar-refractivity contribution in [3.05, 3.63) is 35.9 Å². The molecule has 0 radical (unpaired) electrons. The number of ether oxygens (including phenoxy) is 2. The molecule has 0 saturated heterocycles. The van der Waals surface area contributed by atoms with E-state index in [2.05, 4.69) is 10.2 Å². The van der Waals surface area contributed by atoms with Gasteiger partial charge >= 0.3 is 0 Å². The van der Waals surface area contributed by atoms with Crippen LogP contribution in [0.25, 0.3) is 0 Å². The van der Waals surface area contributed by atoms with E-state index in [0.717, 1.165) is 11.3 Å². The molecule has 0 fully saturated rings. The monoisotopic (exact) mass is 284 g/mol. The average molecular weight is 284 g/mol. The van der Waals surface area contributed by atoms with Crippen molar-refractivity contribution in [1.82, 2.24) is 0 Å². The summed E-state index contributed by atoms with van der Waals surface area (Å²) >= 11 is 0. The van der Waals surface area contributed by atoms with Crippen LogP contribution in [-0.2, 0) is 0 Å². The zero-order valence-corrected chi connectivity index (χ0v) is 11.7. The Balaban J connectivity index is 1.88. The van der Waals surface area contributed by atoms with E-state index in [1.807, 2.05) is 25.1 Å². The van der Waals surface area contributed by atoms with Crippen LogP contribution in [0.3, 0.4) is 0 Å². The van der Waals surface area contributed by atoms with Gasteiger partial charge in [-0.1, -0.05) is 0 Å². The summed E-state index contributed by atoms with van der Waals surface area (Å²) in [7, 11) is 0. The number of hydrogen-bond donors (Lipinski definition) is 2. The molecular weight excluding hydrogens is 268 g/mol. The van der Waals surface area contributed by atoms with Crippen molar-refractivity contribution in [3.63, 3.8) is 0 Å². The summed E-state index contributed by atoms with van der Waals surface area (Å²) in [5.74, 6) is 1.40. The SMILES string of the molecule is Cc1cc(N=Nc2ccc3c(c2)OCCO3)c(N)cc1N. The van der Waals surface area contributed by atoms with E-state index < -0.39 is 0 Å². The maximum Gasteiger partial charge on any atom is 0.163 e. The molecular formula is C15H16N4O2. The fourth-order valence-corrected chi connectivity index (χ4v) is 2.02. The summed E-state index contributed by atoms with van der Waals surface area (Å²) < 4.78 is 11.0.